The summed E-state index contributed by atoms with van der Waals surface area (Å²) in [7, 11) is -1.13. The lowest BCUT2D eigenvalue weighted by molar-refractivity contribution is 0.365. The standard InChI is InChI=1S/C11H13Cl2NOS.ClH/c12-9-6-10(13)8-11(7-9)16(15)14-4-2-1-3-5-14;/h6-8H,1-5H2;1H. The highest BCUT2D eigenvalue weighted by Gasteiger charge is 2.18. The lowest BCUT2D eigenvalue weighted by atomic mass is 10.2. The Balaban J connectivity index is 0.00000144. The molecule has 1 atom stereocenters. The highest BCUT2D eigenvalue weighted by atomic mass is 35.5. The molecule has 6 heteroatoms. The summed E-state index contributed by atoms with van der Waals surface area (Å²) >= 11 is 11.8. The molecule has 2 nitrogen and oxygen atoms in total. The second kappa shape index (κ2) is 6.95. The molecule has 0 amide bonds. The minimum absolute atomic E-state index is 0. The van der Waals surface area contributed by atoms with Crippen molar-refractivity contribution in [2.45, 2.75) is 24.2 Å². The molecule has 0 aromatic heterocycles. The molecule has 1 aromatic carbocycles. The summed E-state index contributed by atoms with van der Waals surface area (Å²) in [6.45, 7) is 1.77. The van der Waals surface area contributed by atoms with E-state index in [4.69, 9.17) is 23.2 Å². The fourth-order valence-electron chi connectivity index (χ4n) is 1.81. The van der Waals surface area contributed by atoms with Crippen LogP contribution in [-0.4, -0.2) is 21.6 Å². The average molecular weight is 315 g/mol. The zero-order valence-corrected chi connectivity index (χ0v) is 12.3. The third-order valence-corrected chi connectivity index (χ3v) is 4.50. The van der Waals surface area contributed by atoms with Crippen LogP contribution in [0.3, 0.4) is 0 Å². The van der Waals surface area contributed by atoms with Gasteiger partial charge in [0.25, 0.3) is 0 Å². The van der Waals surface area contributed by atoms with E-state index in [0.717, 1.165) is 25.9 Å². The minimum atomic E-state index is -1.13. The van der Waals surface area contributed by atoms with E-state index in [1.54, 1.807) is 18.2 Å². The molecule has 0 radical (unpaired) electrons. The Labute approximate surface area is 120 Å². The van der Waals surface area contributed by atoms with Crippen LogP contribution in [0.4, 0.5) is 0 Å². The fourth-order valence-corrected chi connectivity index (χ4v) is 3.81. The summed E-state index contributed by atoms with van der Waals surface area (Å²) in [5, 5.41) is 1.07. The molecular weight excluding hydrogens is 301 g/mol. The molecule has 0 spiro atoms. The number of piperidine rings is 1. The Kier molecular flexibility index (Phi) is 6.24. The summed E-state index contributed by atoms with van der Waals surface area (Å²) in [6.07, 6.45) is 3.45. The zero-order valence-electron chi connectivity index (χ0n) is 9.20. The molecule has 1 aromatic rings. The first kappa shape index (κ1) is 15.3. The summed E-state index contributed by atoms with van der Waals surface area (Å²) in [5.41, 5.74) is 0. The number of hydrogen-bond acceptors (Lipinski definition) is 1. The Morgan fingerprint density at radius 2 is 1.53 bits per heavy atom. The van der Waals surface area contributed by atoms with Gasteiger partial charge in [-0.05, 0) is 31.0 Å². The molecule has 1 aliphatic rings. The van der Waals surface area contributed by atoms with Crippen molar-refractivity contribution < 1.29 is 4.21 Å². The first-order chi connectivity index (χ1) is 7.66. The third kappa shape index (κ3) is 4.11. The largest absolute Gasteiger partial charge is 0.237 e. The van der Waals surface area contributed by atoms with Gasteiger partial charge in [-0.1, -0.05) is 29.6 Å². The molecule has 1 aliphatic heterocycles. The van der Waals surface area contributed by atoms with E-state index < -0.39 is 11.0 Å². The second-order valence-corrected chi connectivity index (χ2v) is 6.20. The van der Waals surface area contributed by atoms with Crippen LogP contribution in [0.5, 0.6) is 0 Å². The van der Waals surface area contributed by atoms with Gasteiger partial charge < -0.3 is 0 Å². The molecule has 1 unspecified atom stereocenters. The van der Waals surface area contributed by atoms with Gasteiger partial charge in [-0.2, -0.15) is 0 Å². The van der Waals surface area contributed by atoms with Crippen molar-refractivity contribution >= 4 is 46.6 Å². The van der Waals surface area contributed by atoms with E-state index in [9.17, 15) is 4.21 Å². The van der Waals surface area contributed by atoms with Crippen molar-refractivity contribution in [1.82, 2.24) is 4.31 Å². The summed E-state index contributed by atoms with van der Waals surface area (Å²) in [4.78, 5) is 0.694. The Morgan fingerprint density at radius 3 is 2.06 bits per heavy atom. The molecule has 0 bridgehead atoms. The monoisotopic (exact) mass is 313 g/mol. The van der Waals surface area contributed by atoms with Crippen LogP contribution in [0.15, 0.2) is 23.1 Å². The second-order valence-electron chi connectivity index (χ2n) is 3.84. The van der Waals surface area contributed by atoms with Crippen LogP contribution in [0.1, 0.15) is 19.3 Å². The van der Waals surface area contributed by atoms with Crippen molar-refractivity contribution in [2.75, 3.05) is 13.1 Å². The smallest absolute Gasteiger partial charge is 0.127 e. The lowest BCUT2D eigenvalue weighted by Gasteiger charge is -2.25. The molecule has 0 saturated carbocycles. The highest BCUT2D eigenvalue weighted by Crippen LogP contribution is 2.24. The van der Waals surface area contributed by atoms with Crippen LogP contribution in [-0.2, 0) is 11.0 Å². The maximum atomic E-state index is 12.2. The fraction of sp³-hybridized carbons (Fsp3) is 0.455. The maximum Gasteiger partial charge on any atom is 0.127 e. The van der Waals surface area contributed by atoms with Crippen molar-refractivity contribution in [3.8, 4) is 0 Å². The van der Waals surface area contributed by atoms with Gasteiger partial charge >= 0.3 is 0 Å². The van der Waals surface area contributed by atoms with Gasteiger partial charge in [-0.25, -0.2) is 8.51 Å². The topological polar surface area (TPSA) is 20.3 Å². The van der Waals surface area contributed by atoms with Gasteiger partial charge in [0.15, 0.2) is 0 Å². The molecular formula is C11H14Cl3NOS. The normalized spacial score (nSPS) is 18.5. The summed E-state index contributed by atoms with van der Waals surface area (Å²) < 4.78 is 14.2. The van der Waals surface area contributed by atoms with E-state index in [-0.39, 0.29) is 12.4 Å². The Bertz CT molecular complexity index is 387. The van der Waals surface area contributed by atoms with Crippen LogP contribution in [0.25, 0.3) is 0 Å². The number of rotatable bonds is 2. The molecule has 1 fully saturated rings. The van der Waals surface area contributed by atoms with Crippen molar-refractivity contribution in [2.24, 2.45) is 0 Å². The molecule has 2 rings (SSSR count). The van der Waals surface area contributed by atoms with Crippen molar-refractivity contribution in [3.05, 3.63) is 28.2 Å². The van der Waals surface area contributed by atoms with Crippen LogP contribution < -0.4 is 0 Å². The predicted molar refractivity (Wildman–Crippen MR) is 75.5 cm³/mol. The first-order valence-corrected chi connectivity index (χ1v) is 7.16. The Hall–Kier alpha value is 0.200. The van der Waals surface area contributed by atoms with Crippen molar-refractivity contribution in [1.29, 1.82) is 0 Å². The van der Waals surface area contributed by atoms with Gasteiger partial charge in [-0.3, -0.25) is 0 Å². The number of hydrogen-bond donors (Lipinski definition) is 0. The van der Waals surface area contributed by atoms with E-state index in [2.05, 4.69) is 0 Å². The molecule has 0 N–H and O–H groups in total. The van der Waals surface area contributed by atoms with E-state index in [1.807, 2.05) is 4.31 Å². The molecule has 17 heavy (non-hydrogen) atoms. The maximum absolute atomic E-state index is 12.2. The number of nitrogens with zero attached hydrogens (tertiary/aromatic N) is 1. The SMILES string of the molecule is Cl.O=S(c1cc(Cl)cc(Cl)c1)N1CCCCC1. The van der Waals surface area contributed by atoms with Crippen LogP contribution in [0.2, 0.25) is 10.0 Å². The van der Waals surface area contributed by atoms with Gasteiger partial charge in [-0.15, -0.1) is 12.4 Å². The molecule has 0 aliphatic carbocycles. The van der Waals surface area contributed by atoms with E-state index in [1.165, 1.54) is 6.42 Å². The van der Waals surface area contributed by atoms with Crippen LogP contribution in [0, 0.1) is 0 Å². The quantitative estimate of drug-likeness (QED) is 0.810. The number of benzene rings is 1. The molecule has 1 saturated heterocycles. The van der Waals surface area contributed by atoms with Crippen molar-refractivity contribution in [3.63, 3.8) is 0 Å². The van der Waals surface area contributed by atoms with Gasteiger partial charge in [0.1, 0.15) is 11.0 Å². The van der Waals surface area contributed by atoms with Crippen LogP contribution >= 0.6 is 35.6 Å². The van der Waals surface area contributed by atoms with Gasteiger partial charge in [0.2, 0.25) is 0 Å². The highest BCUT2D eigenvalue weighted by molar-refractivity contribution is 7.82. The summed E-state index contributed by atoms with van der Waals surface area (Å²) in [6, 6.07) is 5.09. The average Bonchev–Trinajstić information content (AvgIpc) is 2.28. The first-order valence-electron chi connectivity index (χ1n) is 5.30. The van der Waals surface area contributed by atoms with E-state index in [0.29, 0.717) is 14.9 Å². The summed E-state index contributed by atoms with van der Waals surface area (Å²) in [5.74, 6) is 0. The molecule has 96 valence electrons. The third-order valence-electron chi connectivity index (χ3n) is 2.59. The minimum Gasteiger partial charge on any atom is -0.237 e. The number of halogens is 3. The molecule has 1 heterocycles. The van der Waals surface area contributed by atoms with Gasteiger partial charge in [0.05, 0.1) is 4.90 Å². The zero-order chi connectivity index (χ0) is 11.5. The Morgan fingerprint density at radius 1 is 1.00 bits per heavy atom. The predicted octanol–water partition coefficient (Wildman–Crippen LogP) is 3.92. The lowest BCUT2D eigenvalue weighted by Crippen LogP contribution is -2.31. The van der Waals surface area contributed by atoms with Gasteiger partial charge in [0, 0.05) is 23.1 Å². The van der Waals surface area contributed by atoms with E-state index >= 15 is 0 Å².